The van der Waals surface area contributed by atoms with Gasteiger partial charge in [-0.15, -0.1) is 0 Å². The molecule has 3 aromatic rings. The van der Waals surface area contributed by atoms with E-state index in [1.165, 1.54) is 16.7 Å². The predicted molar refractivity (Wildman–Crippen MR) is 164 cm³/mol. The van der Waals surface area contributed by atoms with Gasteiger partial charge in [-0.05, 0) is 66.7 Å². The topological polar surface area (TPSA) is 49.7 Å². The van der Waals surface area contributed by atoms with Gasteiger partial charge in [0, 0.05) is 5.56 Å². The molecule has 0 aromatic heterocycles. The molecule has 0 aliphatic rings. The van der Waals surface area contributed by atoms with Crippen molar-refractivity contribution in [3.8, 4) is 28.0 Å². The summed E-state index contributed by atoms with van der Waals surface area (Å²) < 4.78 is 5.78. The number of hydrogen-bond acceptors (Lipinski definition) is 3. The third kappa shape index (κ3) is 6.68. The highest BCUT2D eigenvalue weighted by Crippen LogP contribution is 2.51. The van der Waals surface area contributed by atoms with E-state index in [0.29, 0.717) is 5.75 Å². The molecule has 0 radical (unpaired) electrons. The molecule has 3 rings (SSSR count). The highest BCUT2D eigenvalue weighted by molar-refractivity contribution is 7.39. The summed E-state index contributed by atoms with van der Waals surface area (Å²) >= 11 is 0. The maximum absolute atomic E-state index is 9.97. The zero-order valence-corrected chi connectivity index (χ0v) is 26.3. The van der Waals surface area contributed by atoms with Crippen molar-refractivity contribution in [1.29, 1.82) is 0 Å². The maximum atomic E-state index is 9.97. The first-order valence-corrected chi connectivity index (χ1v) is 14.7. The Kier molecular flexibility index (Phi) is 8.32. The fourth-order valence-electron chi connectivity index (χ4n) is 5.13. The van der Waals surface area contributed by atoms with Gasteiger partial charge in [0.2, 0.25) is 0 Å². The fourth-order valence-corrected chi connectivity index (χ4v) is 5.45. The molecule has 0 saturated carbocycles. The Hall–Kier alpha value is -2.19. The summed E-state index contributed by atoms with van der Waals surface area (Å²) in [5, 5.41) is 0. The standard InChI is InChI=1S/C34H47O3P/c1-31(2,3)24-17-13-22(14-18-24)26-21-27(37-38(35)36)29(33(7,8)9)30(34(10,11)12)28(26)23-15-19-25(20-16-23)32(4,5)6/h13-21,35-36H,1-12H3. The van der Waals surface area contributed by atoms with E-state index in [1.807, 2.05) is 6.07 Å². The Labute approximate surface area is 232 Å². The summed E-state index contributed by atoms with van der Waals surface area (Å²) in [4.78, 5) is 19.9. The molecule has 0 atom stereocenters. The second kappa shape index (κ2) is 10.4. The van der Waals surface area contributed by atoms with Crippen LogP contribution in [0.4, 0.5) is 0 Å². The second-order valence-electron chi connectivity index (χ2n) is 14.5. The molecule has 206 valence electrons. The third-order valence-electron chi connectivity index (χ3n) is 7.07. The van der Waals surface area contributed by atoms with E-state index in [1.54, 1.807) is 0 Å². The van der Waals surface area contributed by atoms with Crippen LogP contribution in [0.1, 0.15) is 105 Å². The smallest absolute Gasteiger partial charge is 0.391 e. The second-order valence-corrected chi connectivity index (χ2v) is 15.2. The van der Waals surface area contributed by atoms with Gasteiger partial charge in [0.05, 0.1) is 0 Å². The zero-order valence-electron chi connectivity index (χ0n) is 25.4. The molecule has 0 spiro atoms. The SMILES string of the molecule is CC(C)(C)c1ccc(-c2cc(OP(O)O)c(C(C)(C)C)c(C(C)(C)C)c2-c2ccc(C(C)(C)C)cc2)cc1. The molecule has 3 aromatic carbocycles. The largest absolute Gasteiger partial charge is 0.427 e. The predicted octanol–water partition coefficient (Wildman–Crippen LogP) is 9.80. The first kappa shape index (κ1) is 30.4. The Morgan fingerprint density at radius 2 is 0.921 bits per heavy atom. The Morgan fingerprint density at radius 3 is 1.26 bits per heavy atom. The van der Waals surface area contributed by atoms with Gasteiger partial charge >= 0.3 is 8.60 Å². The van der Waals surface area contributed by atoms with E-state index in [-0.39, 0.29) is 21.7 Å². The molecule has 0 aliphatic carbocycles. The molecule has 0 aliphatic heterocycles. The van der Waals surface area contributed by atoms with Gasteiger partial charge in [-0.2, -0.15) is 0 Å². The van der Waals surface area contributed by atoms with Crippen molar-refractivity contribution in [3.63, 3.8) is 0 Å². The first-order valence-electron chi connectivity index (χ1n) is 13.5. The number of hydrogen-bond donors (Lipinski definition) is 2. The van der Waals surface area contributed by atoms with Crippen LogP contribution >= 0.6 is 8.60 Å². The number of benzene rings is 3. The Balaban J connectivity index is 2.50. The van der Waals surface area contributed by atoms with E-state index in [2.05, 4.69) is 132 Å². The minimum Gasteiger partial charge on any atom is -0.427 e. The van der Waals surface area contributed by atoms with Crippen molar-refractivity contribution >= 4 is 8.60 Å². The van der Waals surface area contributed by atoms with Crippen molar-refractivity contribution in [2.24, 2.45) is 0 Å². The van der Waals surface area contributed by atoms with Gasteiger partial charge in [-0.25, -0.2) is 0 Å². The van der Waals surface area contributed by atoms with Crippen LogP contribution in [0.5, 0.6) is 5.75 Å². The van der Waals surface area contributed by atoms with Crippen molar-refractivity contribution in [3.05, 3.63) is 76.9 Å². The summed E-state index contributed by atoms with van der Waals surface area (Å²) in [6.07, 6.45) is 0. The normalized spacial score (nSPS) is 13.2. The lowest BCUT2D eigenvalue weighted by molar-refractivity contribution is 0.368. The van der Waals surface area contributed by atoms with Gasteiger partial charge in [-0.1, -0.05) is 132 Å². The van der Waals surface area contributed by atoms with Gasteiger partial charge in [0.25, 0.3) is 0 Å². The lowest BCUT2D eigenvalue weighted by atomic mass is 9.70. The lowest BCUT2D eigenvalue weighted by Crippen LogP contribution is -2.24. The van der Waals surface area contributed by atoms with Gasteiger partial charge in [0.1, 0.15) is 5.75 Å². The van der Waals surface area contributed by atoms with Gasteiger partial charge in [-0.3, -0.25) is 0 Å². The molecule has 3 nitrogen and oxygen atoms in total. The molecule has 38 heavy (non-hydrogen) atoms. The van der Waals surface area contributed by atoms with E-state index in [0.717, 1.165) is 27.8 Å². The van der Waals surface area contributed by atoms with Crippen molar-refractivity contribution in [2.75, 3.05) is 0 Å². The van der Waals surface area contributed by atoms with Gasteiger partial charge < -0.3 is 14.3 Å². The van der Waals surface area contributed by atoms with Crippen molar-refractivity contribution < 1.29 is 14.3 Å². The van der Waals surface area contributed by atoms with E-state index >= 15 is 0 Å². The Morgan fingerprint density at radius 1 is 0.526 bits per heavy atom. The molecule has 0 fully saturated rings. The highest BCUT2D eigenvalue weighted by atomic mass is 31.2. The van der Waals surface area contributed by atoms with Crippen LogP contribution in [0.25, 0.3) is 22.3 Å². The molecule has 2 N–H and O–H groups in total. The van der Waals surface area contributed by atoms with Crippen LogP contribution < -0.4 is 4.52 Å². The van der Waals surface area contributed by atoms with Gasteiger partial charge in [0.15, 0.2) is 0 Å². The average Bonchev–Trinajstić information content (AvgIpc) is 2.75. The molecular formula is C34H47O3P. The molecule has 0 unspecified atom stereocenters. The molecule has 0 saturated heterocycles. The summed E-state index contributed by atoms with van der Waals surface area (Å²) in [7, 11) is -2.57. The quantitative estimate of drug-likeness (QED) is 0.328. The van der Waals surface area contributed by atoms with Crippen molar-refractivity contribution in [2.45, 2.75) is 105 Å². The average molecular weight is 535 g/mol. The molecule has 0 heterocycles. The van der Waals surface area contributed by atoms with E-state index in [9.17, 15) is 9.79 Å². The molecule has 4 heteroatoms. The summed E-state index contributed by atoms with van der Waals surface area (Å²) in [6.45, 7) is 26.5. The first-order chi connectivity index (χ1) is 17.2. The minimum atomic E-state index is -2.57. The molecule has 0 bridgehead atoms. The van der Waals surface area contributed by atoms with E-state index in [4.69, 9.17) is 4.52 Å². The van der Waals surface area contributed by atoms with Crippen LogP contribution in [-0.4, -0.2) is 9.79 Å². The monoisotopic (exact) mass is 534 g/mol. The summed E-state index contributed by atoms with van der Waals surface area (Å²) in [5.41, 5.74) is 8.71. The van der Waals surface area contributed by atoms with E-state index < -0.39 is 8.60 Å². The summed E-state index contributed by atoms with van der Waals surface area (Å²) in [5.74, 6) is 0.531. The van der Waals surface area contributed by atoms with Crippen LogP contribution in [-0.2, 0) is 21.7 Å². The van der Waals surface area contributed by atoms with Crippen LogP contribution in [0.15, 0.2) is 54.6 Å². The lowest BCUT2D eigenvalue weighted by Gasteiger charge is -2.36. The van der Waals surface area contributed by atoms with Crippen molar-refractivity contribution in [1.82, 2.24) is 0 Å². The number of rotatable bonds is 4. The fraction of sp³-hybridized carbons (Fsp3) is 0.471. The summed E-state index contributed by atoms with van der Waals surface area (Å²) in [6, 6.07) is 19.7. The zero-order chi connectivity index (χ0) is 28.8. The third-order valence-corrected chi connectivity index (χ3v) is 7.43. The highest BCUT2D eigenvalue weighted by Gasteiger charge is 2.34. The van der Waals surface area contributed by atoms with Crippen LogP contribution in [0.2, 0.25) is 0 Å². The molecule has 0 amide bonds. The Bertz CT molecular complexity index is 1260. The molecular weight excluding hydrogens is 487 g/mol. The van der Waals surface area contributed by atoms with Crippen LogP contribution in [0, 0.1) is 0 Å². The minimum absolute atomic E-state index is 0.0503. The maximum Gasteiger partial charge on any atom is 0.391 e. The van der Waals surface area contributed by atoms with Crippen LogP contribution in [0.3, 0.4) is 0 Å².